The molecule has 0 spiro atoms. The molecule has 1 N–H and O–H groups in total. The van der Waals surface area contributed by atoms with E-state index in [1.54, 1.807) is 38.7 Å². The van der Waals surface area contributed by atoms with E-state index in [-0.39, 0.29) is 17.9 Å². The van der Waals surface area contributed by atoms with E-state index in [4.69, 9.17) is 4.74 Å². The molecule has 8 heteroatoms. The van der Waals surface area contributed by atoms with Crippen LogP contribution in [-0.4, -0.2) is 57.5 Å². The third kappa shape index (κ3) is 7.38. The summed E-state index contributed by atoms with van der Waals surface area (Å²) >= 11 is 0. The Labute approximate surface area is 244 Å². The number of nitrogens with zero attached hydrogens (tertiary/aromatic N) is 2. The summed E-state index contributed by atoms with van der Waals surface area (Å²) in [5, 5.41) is 3.24. The molecule has 4 rings (SSSR count). The molecule has 3 aliphatic rings. The van der Waals surface area contributed by atoms with Gasteiger partial charge in [0.15, 0.2) is 0 Å². The number of benzene rings is 1. The fourth-order valence-electron chi connectivity index (χ4n) is 6.36. The van der Waals surface area contributed by atoms with Crippen molar-refractivity contribution in [2.24, 2.45) is 0 Å². The van der Waals surface area contributed by atoms with Crippen molar-refractivity contribution in [2.45, 2.75) is 122 Å². The summed E-state index contributed by atoms with van der Waals surface area (Å²) in [4.78, 5) is 45.5. The van der Waals surface area contributed by atoms with E-state index in [2.05, 4.69) is 5.32 Å². The zero-order valence-corrected chi connectivity index (χ0v) is 25.2. The van der Waals surface area contributed by atoms with Crippen LogP contribution in [0.1, 0.15) is 103 Å². The average molecular weight is 568 g/mol. The molecule has 41 heavy (non-hydrogen) atoms. The fraction of sp³-hybridized carbons (Fsp3) is 0.606. The molecule has 3 amide bonds. The number of piperidine rings is 1. The van der Waals surface area contributed by atoms with E-state index in [0.717, 1.165) is 50.5 Å². The topological polar surface area (TPSA) is 79.0 Å². The van der Waals surface area contributed by atoms with E-state index in [9.17, 15) is 18.8 Å². The Bertz CT molecular complexity index is 1180. The van der Waals surface area contributed by atoms with Gasteiger partial charge in [-0.15, -0.1) is 0 Å². The lowest BCUT2D eigenvalue weighted by atomic mass is 9.85. The van der Waals surface area contributed by atoms with E-state index in [1.165, 1.54) is 17.1 Å². The van der Waals surface area contributed by atoms with Crippen molar-refractivity contribution < 1.29 is 23.5 Å². The first-order chi connectivity index (χ1) is 19.4. The van der Waals surface area contributed by atoms with Gasteiger partial charge in [0, 0.05) is 12.6 Å². The van der Waals surface area contributed by atoms with Crippen molar-refractivity contribution in [3.05, 3.63) is 59.4 Å². The molecule has 1 saturated carbocycles. The monoisotopic (exact) mass is 567 g/mol. The van der Waals surface area contributed by atoms with Gasteiger partial charge in [0.2, 0.25) is 11.8 Å². The van der Waals surface area contributed by atoms with Crippen LogP contribution >= 0.6 is 0 Å². The number of aryl methyl sites for hydroxylation is 1. The number of hydrogen-bond acceptors (Lipinski definition) is 4. The van der Waals surface area contributed by atoms with E-state index >= 15 is 0 Å². The molecule has 1 aromatic rings. The number of ether oxygens (including phenoxy) is 1. The number of nitrogens with one attached hydrogen (secondary N) is 1. The molecule has 2 aliphatic carbocycles. The predicted molar refractivity (Wildman–Crippen MR) is 158 cm³/mol. The van der Waals surface area contributed by atoms with Crippen LogP contribution < -0.4 is 5.32 Å². The summed E-state index contributed by atoms with van der Waals surface area (Å²) < 4.78 is 20.6. The van der Waals surface area contributed by atoms with Crippen LogP contribution in [0, 0.1) is 6.92 Å². The molecule has 2 fully saturated rings. The Kier molecular flexibility index (Phi) is 9.60. The lowest BCUT2D eigenvalue weighted by molar-refractivity contribution is -0.151. The van der Waals surface area contributed by atoms with Gasteiger partial charge in [-0.25, -0.2) is 9.18 Å². The molecule has 0 bridgehead atoms. The van der Waals surface area contributed by atoms with E-state index in [1.807, 2.05) is 31.2 Å². The second kappa shape index (κ2) is 12.8. The molecule has 0 aromatic heterocycles. The summed E-state index contributed by atoms with van der Waals surface area (Å²) in [6.07, 6.45) is 11.3. The SMILES string of the molecule is Cc1ccccc1C(C(=O)NC1CCCCC1)N(C(=O)C1CCCCN1C(=O)OC(C)(C)C)C1(C)C=C(F)C=CC1. The third-order valence-electron chi connectivity index (χ3n) is 8.40. The summed E-state index contributed by atoms with van der Waals surface area (Å²) in [5.74, 6) is -1.10. The summed E-state index contributed by atoms with van der Waals surface area (Å²) in [5.41, 5.74) is -0.305. The van der Waals surface area contributed by atoms with Gasteiger partial charge >= 0.3 is 6.09 Å². The summed E-state index contributed by atoms with van der Waals surface area (Å²) in [6.45, 7) is 9.49. The molecule has 0 radical (unpaired) electrons. The Morgan fingerprint density at radius 2 is 1.76 bits per heavy atom. The molecular weight excluding hydrogens is 521 g/mol. The fourth-order valence-corrected chi connectivity index (χ4v) is 6.36. The van der Waals surface area contributed by atoms with Gasteiger partial charge < -0.3 is 15.0 Å². The molecule has 224 valence electrons. The van der Waals surface area contributed by atoms with Crippen LogP contribution in [0.2, 0.25) is 0 Å². The lowest BCUT2D eigenvalue weighted by Gasteiger charge is -2.48. The first-order valence-electron chi connectivity index (χ1n) is 15.1. The Balaban J connectivity index is 1.81. The second-order valence-corrected chi connectivity index (χ2v) is 13.0. The molecular formula is C33H46FN3O4. The lowest BCUT2D eigenvalue weighted by Crippen LogP contribution is -2.62. The highest BCUT2D eigenvalue weighted by Crippen LogP contribution is 2.39. The number of amides is 3. The number of carbonyl (C=O) groups excluding carboxylic acids is 3. The maximum atomic E-state index is 14.9. The Morgan fingerprint density at radius 1 is 1.07 bits per heavy atom. The highest BCUT2D eigenvalue weighted by atomic mass is 19.1. The van der Waals surface area contributed by atoms with Crippen LogP contribution in [0.4, 0.5) is 9.18 Å². The maximum absolute atomic E-state index is 14.9. The van der Waals surface area contributed by atoms with Gasteiger partial charge in [0.05, 0.1) is 5.54 Å². The minimum absolute atomic E-state index is 0.0269. The number of allylic oxidation sites excluding steroid dienone is 2. The van der Waals surface area contributed by atoms with Gasteiger partial charge in [-0.1, -0.05) is 49.6 Å². The molecule has 3 atom stereocenters. The number of rotatable bonds is 6. The standard InChI is InChI=1S/C33H46FN3O4/c1-23-14-9-10-18-26(23)28(29(38)35-25-16-7-6-8-17-25)37(33(5)20-13-15-24(34)22-33)30(39)27-19-11-12-21-36(27)31(40)41-32(2,3)4/h9-10,13-15,18,22,25,27-28H,6-8,11-12,16-17,19-21H2,1-5H3,(H,35,38). The Morgan fingerprint density at radius 3 is 2.41 bits per heavy atom. The smallest absolute Gasteiger partial charge is 0.410 e. The van der Waals surface area contributed by atoms with E-state index < -0.39 is 35.1 Å². The van der Waals surface area contributed by atoms with Crippen molar-refractivity contribution in [1.82, 2.24) is 15.1 Å². The van der Waals surface area contributed by atoms with Crippen LogP contribution in [-0.2, 0) is 14.3 Å². The predicted octanol–water partition coefficient (Wildman–Crippen LogP) is 6.68. The largest absolute Gasteiger partial charge is 0.444 e. The number of halogens is 1. The van der Waals surface area contributed by atoms with Crippen LogP contribution in [0.15, 0.2) is 48.3 Å². The van der Waals surface area contributed by atoms with Crippen molar-refractivity contribution >= 4 is 17.9 Å². The molecule has 1 heterocycles. The minimum atomic E-state index is -1.14. The highest BCUT2D eigenvalue weighted by Gasteiger charge is 2.48. The number of likely N-dealkylation sites (tertiary alicyclic amines) is 1. The van der Waals surface area contributed by atoms with Gasteiger partial charge in [0.1, 0.15) is 23.5 Å². The van der Waals surface area contributed by atoms with Crippen molar-refractivity contribution in [2.75, 3.05) is 6.54 Å². The van der Waals surface area contributed by atoms with E-state index in [0.29, 0.717) is 24.9 Å². The summed E-state index contributed by atoms with van der Waals surface area (Å²) in [7, 11) is 0. The maximum Gasteiger partial charge on any atom is 0.410 e. The number of carbonyl (C=O) groups is 3. The first-order valence-corrected chi connectivity index (χ1v) is 15.1. The van der Waals surface area contributed by atoms with Crippen molar-refractivity contribution in [1.29, 1.82) is 0 Å². The molecule has 7 nitrogen and oxygen atoms in total. The van der Waals surface area contributed by atoms with Gasteiger partial charge in [-0.2, -0.15) is 0 Å². The van der Waals surface area contributed by atoms with Crippen molar-refractivity contribution in [3.63, 3.8) is 0 Å². The molecule has 1 aromatic carbocycles. The zero-order valence-electron chi connectivity index (χ0n) is 25.2. The average Bonchev–Trinajstić information content (AvgIpc) is 2.91. The normalized spacial score (nSPS) is 24.3. The van der Waals surface area contributed by atoms with Gasteiger partial charge in [-0.05, 0) is 96.4 Å². The van der Waals surface area contributed by atoms with Crippen LogP contribution in [0.25, 0.3) is 0 Å². The zero-order chi connectivity index (χ0) is 29.8. The molecule has 1 saturated heterocycles. The quantitative estimate of drug-likeness (QED) is 0.416. The highest BCUT2D eigenvalue weighted by molar-refractivity contribution is 5.93. The summed E-state index contributed by atoms with van der Waals surface area (Å²) in [6, 6.07) is 5.75. The van der Waals surface area contributed by atoms with Crippen LogP contribution in [0.5, 0.6) is 0 Å². The molecule has 3 unspecified atom stereocenters. The molecule has 1 aliphatic heterocycles. The van der Waals surface area contributed by atoms with Gasteiger partial charge in [-0.3, -0.25) is 14.5 Å². The van der Waals surface area contributed by atoms with Gasteiger partial charge in [0.25, 0.3) is 0 Å². The third-order valence-corrected chi connectivity index (χ3v) is 8.40. The minimum Gasteiger partial charge on any atom is -0.444 e. The first kappa shape index (κ1) is 30.8. The number of hydrogen-bond donors (Lipinski definition) is 1. The Hall–Kier alpha value is -3.16. The second-order valence-electron chi connectivity index (χ2n) is 13.0. The van der Waals surface area contributed by atoms with Crippen LogP contribution in [0.3, 0.4) is 0 Å². The van der Waals surface area contributed by atoms with Crippen molar-refractivity contribution in [3.8, 4) is 0 Å².